The molecule has 0 atom stereocenters. The van der Waals surface area contributed by atoms with Crippen molar-refractivity contribution >= 4 is 23.8 Å². The molecule has 0 unspecified atom stereocenters. The van der Waals surface area contributed by atoms with Crippen LogP contribution in [0, 0.1) is 4.77 Å². The van der Waals surface area contributed by atoms with Crippen LogP contribution < -0.4 is 0 Å². The Morgan fingerprint density at radius 3 is 1.88 bits per heavy atom. The number of aromatic amines is 1. The molecular formula is C21H15ClN2S. The van der Waals surface area contributed by atoms with Crippen LogP contribution in [0.5, 0.6) is 0 Å². The number of hydrogen-bond donors (Lipinski definition) is 1. The Kier molecular flexibility index (Phi) is 4.26. The maximum absolute atomic E-state index is 6.05. The highest BCUT2D eigenvalue weighted by Gasteiger charge is 2.16. The summed E-state index contributed by atoms with van der Waals surface area (Å²) in [4.78, 5) is 3.39. The van der Waals surface area contributed by atoms with E-state index in [9.17, 15) is 0 Å². The summed E-state index contributed by atoms with van der Waals surface area (Å²) in [5.41, 5.74) is 5.22. The van der Waals surface area contributed by atoms with E-state index in [4.69, 9.17) is 23.8 Å². The fraction of sp³-hybridized carbons (Fsp3) is 0. The number of rotatable bonds is 3. The molecule has 0 bridgehead atoms. The first-order chi connectivity index (χ1) is 12.2. The number of aromatic nitrogens is 2. The van der Waals surface area contributed by atoms with Gasteiger partial charge in [0.05, 0.1) is 11.4 Å². The summed E-state index contributed by atoms with van der Waals surface area (Å²) >= 11 is 11.7. The first-order valence-corrected chi connectivity index (χ1v) is 8.74. The zero-order chi connectivity index (χ0) is 17.2. The van der Waals surface area contributed by atoms with Crippen molar-refractivity contribution in [2.24, 2.45) is 0 Å². The standard InChI is InChI=1S/C21H15ClN2S/c22-17-11-13-18(14-12-17)24-20(16-9-5-2-6-10-16)19(23-21(24)25)15-7-3-1-4-8-15/h1-14H,(H,23,25). The average Bonchev–Trinajstić information content (AvgIpc) is 3.01. The van der Waals surface area contributed by atoms with Crippen LogP contribution in [-0.2, 0) is 0 Å². The third-order valence-corrected chi connectivity index (χ3v) is 4.63. The zero-order valence-corrected chi connectivity index (χ0v) is 14.9. The molecule has 0 fully saturated rings. The van der Waals surface area contributed by atoms with E-state index in [2.05, 4.69) is 33.8 Å². The van der Waals surface area contributed by atoms with Crippen molar-refractivity contribution in [2.75, 3.05) is 0 Å². The summed E-state index contributed by atoms with van der Waals surface area (Å²) in [5, 5.41) is 0.704. The van der Waals surface area contributed by atoms with E-state index in [0.29, 0.717) is 9.79 Å². The van der Waals surface area contributed by atoms with E-state index >= 15 is 0 Å². The van der Waals surface area contributed by atoms with Gasteiger partial charge in [-0.15, -0.1) is 0 Å². The van der Waals surface area contributed by atoms with Gasteiger partial charge in [0, 0.05) is 21.8 Å². The monoisotopic (exact) mass is 362 g/mol. The summed E-state index contributed by atoms with van der Waals surface area (Å²) in [5.74, 6) is 0. The third-order valence-electron chi connectivity index (χ3n) is 4.09. The summed E-state index contributed by atoms with van der Waals surface area (Å²) in [6.07, 6.45) is 0. The van der Waals surface area contributed by atoms with Gasteiger partial charge in [0.25, 0.3) is 0 Å². The van der Waals surface area contributed by atoms with Crippen LogP contribution >= 0.6 is 23.8 Å². The lowest BCUT2D eigenvalue weighted by Gasteiger charge is -2.11. The average molecular weight is 363 g/mol. The molecule has 1 heterocycles. The van der Waals surface area contributed by atoms with Crippen LogP contribution in [-0.4, -0.2) is 9.55 Å². The second-order valence-electron chi connectivity index (χ2n) is 5.70. The number of hydrogen-bond acceptors (Lipinski definition) is 1. The van der Waals surface area contributed by atoms with Crippen LogP contribution in [0.3, 0.4) is 0 Å². The molecule has 0 aliphatic heterocycles. The summed E-state index contributed by atoms with van der Waals surface area (Å²) in [6.45, 7) is 0. The van der Waals surface area contributed by atoms with Crippen molar-refractivity contribution in [3.63, 3.8) is 0 Å². The van der Waals surface area contributed by atoms with E-state index in [1.54, 1.807) is 0 Å². The summed E-state index contributed by atoms with van der Waals surface area (Å²) < 4.78 is 2.71. The predicted octanol–water partition coefficient (Wildman–Crippen LogP) is 6.52. The number of H-pyrrole nitrogens is 1. The molecule has 0 amide bonds. The maximum atomic E-state index is 6.05. The van der Waals surface area contributed by atoms with Crippen molar-refractivity contribution in [3.05, 3.63) is 94.7 Å². The molecule has 0 aliphatic carbocycles. The lowest BCUT2D eigenvalue weighted by molar-refractivity contribution is 1.04. The van der Waals surface area contributed by atoms with Crippen LogP contribution in [0.15, 0.2) is 84.9 Å². The molecule has 25 heavy (non-hydrogen) atoms. The number of benzene rings is 3. The molecule has 4 rings (SSSR count). The van der Waals surface area contributed by atoms with Gasteiger partial charge in [-0.05, 0) is 36.5 Å². The zero-order valence-electron chi connectivity index (χ0n) is 13.3. The molecule has 1 aromatic heterocycles. The molecule has 0 saturated heterocycles. The van der Waals surface area contributed by atoms with Gasteiger partial charge in [-0.2, -0.15) is 0 Å². The van der Waals surface area contributed by atoms with Gasteiger partial charge in [0.1, 0.15) is 0 Å². The Hall–Kier alpha value is -2.62. The fourth-order valence-corrected chi connectivity index (χ4v) is 3.38. The first-order valence-electron chi connectivity index (χ1n) is 7.96. The lowest BCUT2D eigenvalue weighted by Crippen LogP contribution is -1.97. The van der Waals surface area contributed by atoms with E-state index < -0.39 is 0 Å². The second kappa shape index (κ2) is 6.71. The smallest absolute Gasteiger partial charge is 0.182 e. The number of imidazole rings is 1. The predicted molar refractivity (Wildman–Crippen MR) is 107 cm³/mol. The van der Waals surface area contributed by atoms with E-state index in [1.165, 1.54) is 0 Å². The van der Waals surface area contributed by atoms with Crippen molar-refractivity contribution in [1.82, 2.24) is 9.55 Å². The highest BCUT2D eigenvalue weighted by atomic mass is 35.5. The van der Waals surface area contributed by atoms with Gasteiger partial charge >= 0.3 is 0 Å². The Bertz CT molecular complexity index is 1050. The molecule has 1 N–H and O–H groups in total. The second-order valence-corrected chi connectivity index (χ2v) is 6.52. The van der Waals surface area contributed by atoms with Gasteiger partial charge in [-0.3, -0.25) is 4.57 Å². The molecule has 4 aromatic rings. The van der Waals surface area contributed by atoms with Gasteiger partial charge in [-0.25, -0.2) is 0 Å². The summed E-state index contributed by atoms with van der Waals surface area (Å²) in [7, 11) is 0. The van der Waals surface area contributed by atoms with Gasteiger partial charge in [-0.1, -0.05) is 72.3 Å². The minimum absolute atomic E-state index is 0.653. The molecule has 122 valence electrons. The fourth-order valence-electron chi connectivity index (χ4n) is 2.96. The molecular weight excluding hydrogens is 348 g/mol. The highest BCUT2D eigenvalue weighted by Crippen LogP contribution is 2.34. The molecule has 0 aliphatic rings. The Labute approximate surface area is 156 Å². The maximum Gasteiger partial charge on any atom is 0.182 e. The minimum atomic E-state index is 0.653. The SMILES string of the molecule is S=c1[nH]c(-c2ccccc2)c(-c2ccccc2)n1-c1ccc(Cl)cc1. The van der Waals surface area contributed by atoms with Gasteiger partial charge in [0.2, 0.25) is 0 Å². The molecule has 4 heteroatoms. The molecule has 3 aromatic carbocycles. The molecule has 2 nitrogen and oxygen atoms in total. The lowest BCUT2D eigenvalue weighted by atomic mass is 10.0. The topological polar surface area (TPSA) is 20.7 Å². The van der Waals surface area contributed by atoms with E-state index in [1.807, 2.05) is 60.7 Å². The number of nitrogens with one attached hydrogen (secondary N) is 1. The summed E-state index contributed by atoms with van der Waals surface area (Å²) in [6, 6.07) is 28.2. The third kappa shape index (κ3) is 3.04. The molecule has 0 spiro atoms. The normalized spacial score (nSPS) is 10.8. The number of halogens is 1. The van der Waals surface area contributed by atoms with Crippen LogP contribution in [0.2, 0.25) is 5.02 Å². The van der Waals surface area contributed by atoms with Crippen LogP contribution in [0.1, 0.15) is 0 Å². The van der Waals surface area contributed by atoms with Crippen molar-refractivity contribution in [3.8, 4) is 28.2 Å². The first kappa shape index (κ1) is 15.9. The van der Waals surface area contributed by atoms with Crippen molar-refractivity contribution in [1.29, 1.82) is 0 Å². The molecule has 0 radical (unpaired) electrons. The quantitative estimate of drug-likeness (QED) is 0.411. The van der Waals surface area contributed by atoms with E-state index in [-0.39, 0.29) is 0 Å². The van der Waals surface area contributed by atoms with E-state index in [0.717, 1.165) is 28.2 Å². The van der Waals surface area contributed by atoms with Crippen LogP contribution in [0.4, 0.5) is 0 Å². The largest absolute Gasteiger partial charge is 0.330 e. The van der Waals surface area contributed by atoms with Gasteiger partial charge < -0.3 is 4.98 Å². The molecule has 0 saturated carbocycles. The highest BCUT2D eigenvalue weighted by molar-refractivity contribution is 7.71. The minimum Gasteiger partial charge on any atom is -0.330 e. The Balaban J connectivity index is 2.03. The Morgan fingerprint density at radius 2 is 1.28 bits per heavy atom. The van der Waals surface area contributed by atoms with Gasteiger partial charge in [0.15, 0.2) is 4.77 Å². The van der Waals surface area contributed by atoms with Crippen molar-refractivity contribution < 1.29 is 0 Å². The Morgan fingerprint density at radius 1 is 0.720 bits per heavy atom. The van der Waals surface area contributed by atoms with Crippen LogP contribution in [0.25, 0.3) is 28.2 Å². The number of nitrogens with zero attached hydrogens (tertiary/aromatic N) is 1. The van der Waals surface area contributed by atoms with Crippen molar-refractivity contribution in [2.45, 2.75) is 0 Å².